The van der Waals surface area contributed by atoms with Gasteiger partial charge in [0.15, 0.2) is 5.69 Å². The monoisotopic (exact) mass is 286 g/mol. The molecule has 6 nitrogen and oxygen atoms in total. The van der Waals surface area contributed by atoms with E-state index in [4.69, 9.17) is 0 Å². The molecule has 1 aromatic heterocycles. The van der Waals surface area contributed by atoms with Crippen LogP contribution in [0.5, 0.6) is 5.75 Å². The molecule has 1 heterocycles. The lowest BCUT2D eigenvalue weighted by Gasteiger charge is -2.01. The molecular formula is C15H18N4O2. The van der Waals surface area contributed by atoms with E-state index in [-0.39, 0.29) is 17.6 Å². The predicted molar refractivity (Wildman–Crippen MR) is 80.5 cm³/mol. The fraction of sp³-hybridized carbons (Fsp3) is 0.267. The van der Waals surface area contributed by atoms with Gasteiger partial charge in [0.05, 0.1) is 5.71 Å². The molecule has 3 N–H and O–H groups in total. The third kappa shape index (κ3) is 3.68. The van der Waals surface area contributed by atoms with Crippen LogP contribution in [0.25, 0.3) is 0 Å². The minimum Gasteiger partial charge on any atom is -0.508 e. The number of carbonyl (C=O) groups is 1. The van der Waals surface area contributed by atoms with Gasteiger partial charge >= 0.3 is 0 Å². The van der Waals surface area contributed by atoms with Gasteiger partial charge in [-0.25, -0.2) is 5.43 Å². The maximum Gasteiger partial charge on any atom is 0.291 e. The molecule has 0 radical (unpaired) electrons. The molecule has 2 rings (SSSR count). The average Bonchev–Trinajstić information content (AvgIpc) is 2.95. The molecule has 0 aliphatic heterocycles. The van der Waals surface area contributed by atoms with E-state index in [9.17, 15) is 9.90 Å². The molecule has 6 heteroatoms. The van der Waals surface area contributed by atoms with Crippen LogP contribution in [0.2, 0.25) is 0 Å². The number of amides is 1. The van der Waals surface area contributed by atoms with Crippen molar-refractivity contribution in [2.24, 2.45) is 5.10 Å². The van der Waals surface area contributed by atoms with Gasteiger partial charge in [0.25, 0.3) is 5.91 Å². The Bertz CT molecular complexity index is 657. The summed E-state index contributed by atoms with van der Waals surface area (Å²) in [5.41, 5.74) is 5.14. The number of aromatic amines is 1. The van der Waals surface area contributed by atoms with Gasteiger partial charge in [-0.15, -0.1) is 0 Å². The molecular weight excluding hydrogens is 268 g/mol. The highest BCUT2D eigenvalue weighted by atomic mass is 16.3. The summed E-state index contributed by atoms with van der Waals surface area (Å²) in [4.78, 5) is 11.9. The van der Waals surface area contributed by atoms with E-state index in [0.29, 0.717) is 11.4 Å². The molecule has 0 unspecified atom stereocenters. The summed E-state index contributed by atoms with van der Waals surface area (Å²) in [6.45, 7) is 5.81. The number of H-pyrrole nitrogens is 1. The number of hydrogen-bond acceptors (Lipinski definition) is 4. The van der Waals surface area contributed by atoms with Crippen molar-refractivity contribution in [1.82, 2.24) is 15.6 Å². The number of phenols is 1. The Morgan fingerprint density at radius 1 is 1.33 bits per heavy atom. The van der Waals surface area contributed by atoms with Crippen LogP contribution in [0, 0.1) is 0 Å². The lowest BCUT2D eigenvalue weighted by atomic mass is 10.1. The molecule has 1 aromatic carbocycles. The van der Waals surface area contributed by atoms with Gasteiger partial charge in [0.2, 0.25) is 0 Å². The molecule has 110 valence electrons. The van der Waals surface area contributed by atoms with E-state index in [0.717, 1.165) is 11.3 Å². The van der Waals surface area contributed by atoms with E-state index in [1.807, 2.05) is 13.8 Å². The summed E-state index contributed by atoms with van der Waals surface area (Å²) in [5, 5.41) is 20.1. The molecule has 0 saturated heterocycles. The molecule has 21 heavy (non-hydrogen) atoms. The van der Waals surface area contributed by atoms with Crippen LogP contribution in [0.15, 0.2) is 35.4 Å². The molecule has 0 aliphatic carbocycles. The van der Waals surface area contributed by atoms with E-state index >= 15 is 0 Å². The van der Waals surface area contributed by atoms with Crippen molar-refractivity contribution >= 4 is 11.6 Å². The van der Waals surface area contributed by atoms with E-state index in [1.165, 1.54) is 0 Å². The van der Waals surface area contributed by atoms with Gasteiger partial charge in [-0.05, 0) is 48.7 Å². The molecule has 2 aromatic rings. The Kier molecular flexibility index (Phi) is 4.37. The number of rotatable bonds is 4. The van der Waals surface area contributed by atoms with Gasteiger partial charge in [0, 0.05) is 5.69 Å². The van der Waals surface area contributed by atoms with Crippen LogP contribution in [0.4, 0.5) is 0 Å². The number of aromatic nitrogens is 2. The maximum atomic E-state index is 11.9. The van der Waals surface area contributed by atoms with Crippen molar-refractivity contribution < 1.29 is 9.90 Å². The SMILES string of the molecule is C/C(=N\NC(=O)c1cc(C(C)C)[nH]n1)c1ccc(O)cc1. The van der Waals surface area contributed by atoms with Gasteiger partial charge in [-0.1, -0.05) is 13.8 Å². The second-order valence-electron chi connectivity index (χ2n) is 5.05. The molecule has 0 atom stereocenters. The van der Waals surface area contributed by atoms with Crippen LogP contribution in [-0.2, 0) is 0 Å². The van der Waals surface area contributed by atoms with Crippen molar-refractivity contribution in [2.75, 3.05) is 0 Å². The first-order chi connectivity index (χ1) is 9.97. The molecule has 0 bridgehead atoms. The average molecular weight is 286 g/mol. The summed E-state index contributed by atoms with van der Waals surface area (Å²) in [6, 6.07) is 8.31. The molecule has 0 aliphatic rings. The zero-order valence-electron chi connectivity index (χ0n) is 12.2. The Hall–Kier alpha value is -2.63. The number of hydrogen-bond donors (Lipinski definition) is 3. The van der Waals surface area contributed by atoms with Crippen LogP contribution < -0.4 is 5.43 Å². The van der Waals surface area contributed by atoms with E-state index < -0.39 is 0 Å². The number of nitrogens with zero attached hydrogens (tertiary/aromatic N) is 2. The predicted octanol–water partition coefficient (Wildman–Crippen LogP) is 2.39. The van der Waals surface area contributed by atoms with E-state index in [1.54, 1.807) is 37.3 Å². The smallest absolute Gasteiger partial charge is 0.291 e. The number of carbonyl (C=O) groups excluding carboxylic acids is 1. The summed E-state index contributed by atoms with van der Waals surface area (Å²) in [5.74, 6) is 0.103. The van der Waals surface area contributed by atoms with Crippen molar-refractivity contribution in [3.8, 4) is 5.75 Å². The van der Waals surface area contributed by atoms with Crippen LogP contribution in [-0.4, -0.2) is 26.9 Å². The number of benzene rings is 1. The van der Waals surface area contributed by atoms with Gasteiger partial charge < -0.3 is 5.11 Å². The summed E-state index contributed by atoms with van der Waals surface area (Å²) in [6.07, 6.45) is 0. The molecule has 0 saturated carbocycles. The summed E-state index contributed by atoms with van der Waals surface area (Å²) in [7, 11) is 0. The fourth-order valence-corrected chi connectivity index (χ4v) is 1.71. The van der Waals surface area contributed by atoms with Gasteiger partial charge in [-0.2, -0.15) is 10.2 Å². The zero-order chi connectivity index (χ0) is 15.4. The highest BCUT2D eigenvalue weighted by Crippen LogP contribution is 2.12. The standard InChI is InChI=1S/C15H18N4O2/c1-9(2)13-8-14(18-17-13)15(21)19-16-10(3)11-4-6-12(20)7-5-11/h4-9,20H,1-3H3,(H,17,18)(H,19,21)/b16-10+. The Balaban J connectivity index is 2.05. The summed E-state index contributed by atoms with van der Waals surface area (Å²) >= 11 is 0. The lowest BCUT2D eigenvalue weighted by Crippen LogP contribution is -2.19. The minimum absolute atomic E-state index is 0.188. The summed E-state index contributed by atoms with van der Waals surface area (Å²) < 4.78 is 0. The van der Waals surface area contributed by atoms with Crippen molar-refractivity contribution in [1.29, 1.82) is 0 Å². The Morgan fingerprint density at radius 3 is 2.57 bits per heavy atom. The van der Waals surface area contributed by atoms with Crippen molar-refractivity contribution in [3.63, 3.8) is 0 Å². The maximum absolute atomic E-state index is 11.9. The first-order valence-corrected chi connectivity index (χ1v) is 6.66. The third-order valence-corrected chi connectivity index (χ3v) is 3.06. The fourth-order valence-electron chi connectivity index (χ4n) is 1.71. The molecule has 0 spiro atoms. The molecule has 0 fully saturated rings. The van der Waals surface area contributed by atoms with Gasteiger partial charge in [0.1, 0.15) is 5.75 Å². The zero-order valence-corrected chi connectivity index (χ0v) is 12.2. The van der Waals surface area contributed by atoms with Crippen LogP contribution in [0.1, 0.15) is 48.4 Å². The van der Waals surface area contributed by atoms with Gasteiger partial charge in [-0.3, -0.25) is 9.89 Å². The first kappa shape index (κ1) is 14.8. The number of hydrazone groups is 1. The first-order valence-electron chi connectivity index (χ1n) is 6.66. The Morgan fingerprint density at radius 2 is 2.00 bits per heavy atom. The van der Waals surface area contributed by atoms with Crippen LogP contribution in [0.3, 0.4) is 0 Å². The number of phenolic OH excluding ortho intramolecular Hbond substituents is 1. The topological polar surface area (TPSA) is 90.4 Å². The highest BCUT2D eigenvalue weighted by molar-refractivity contribution is 6.00. The lowest BCUT2D eigenvalue weighted by molar-refractivity contribution is 0.0950. The largest absolute Gasteiger partial charge is 0.508 e. The highest BCUT2D eigenvalue weighted by Gasteiger charge is 2.11. The normalized spacial score (nSPS) is 11.7. The third-order valence-electron chi connectivity index (χ3n) is 3.06. The van der Waals surface area contributed by atoms with E-state index in [2.05, 4.69) is 20.7 Å². The van der Waals surface area contributed by atoms with Crippen LogP contribution >= 0.6 is 0 Å². The second-order valence-corrected chi connectivity index (χ2v) is 5.05. The molecule has 1 amide bonds. The number of aromatic hydroxyl groups is 1. The minimum atomic E-state index is -0.365. The second kappa shape index (κ2) is 6.21. The van der Waals surface area contributed by atoms with Crippen molar-refractivity contribution in [3.05, 3.63) is 47.3 Å². The van der Waals surface area contributed by atoms with Crippen molar-refractivity contribution in [2.45, 2.75) is 26.7 Å². The Labute approximate surface area is 122 Å². The quantitative estimate of drug-likeness (QED) is 0.595. The number of nitrogens with one attached hydrogen (secondary N) is 2.